The van der Waals surface area contributed by atoms with Gasteiger partial charge in [-0.2, -0.15) is 0 Å². The molecule has 0 amide bonds. The van der Waals surface area contributed by atoms with Gasteiger partial charge in [0.1, 0.15) is 12.4 Å². The van der Waals surface area contributed by atoms with Crippen molar-refractivity contribution >= 4 is 5.78 Å². The number of ketones is 1. The highest BCUT2D eigenvalue weighted by molar-refractivity contribution is 6.08. The number of rotatable bonds is 1. The predicted octanol–water partition coefficient (Wildman–Crippen LogP) is 5.68. The molecule has 0 saturated heterocycles. The first-order valence-electron chi connectivity index (χ1n) is 9.69. The molecule has 1 aliphatic heterocycles. The summed E-state index contributed by atoms with van der Waals surface area (Å²) in [5.41, 5.74) is 3.35. The van der Waals surface area contributed by atoms with Gasteiger partial charge in [-0.1, -0.05) is 67.7 Å². The van der Waals surface area contributed by atoms with Crippen LogP contribution < -0.4 is 0 Å². The summed E-state index contributed by atoms with van der Waals surface area (Å²) in [6, 6.07) is 0. The smallest absolute Gasteiger partial charge is 0.174 e. The van der Waals surface area contributed by atoms with Gasteiger partial charge in [0.2, 0.25) is 0 Å². The third kappa shape index (κ3) is 2.76. The number of hydrogen-bond donors (Lipinski definition) is 0. The molecule has 134 valence electrons. The Morgan fingerprint density at radius 1 is 0.958 bits per heavy atom. The molecule has 1 saturated carbocycles. The summed E-state index contributed by atoms with van der Waals surface area (Å²) in [5.74, 6) is 2.42. The molecule has 3 aliphatic rings. The van der Waals surface area contributed by atoms with Crippen molar-refractivity contribution < 1.29 is 9.53 Å². The van der Waals surface area contributed by atoms with Gasteiger partial charge >= 0.3 is 0 Å². The van der Waals surface area contributed by atoms with Crippen LogP contribution in [0.4, 0.5) is 0 Å². The first-order chi connectivity index (χ1) is 11.0. The Kier molecular flexibility index (Phi) is 4.25. The van der Waals surface area contributed by atoms with E-state index in [1.165, 1.54) is 36.8 Å². The van der Waals surface area contributed by atoms with E-state index in [9.17, 15) is 4.79 Å². The molecule has 0 N–H and O–H groups in total. The zero-order valence-corrected chi connectivity index (χ0v) is 16.6. The maximum absolute atomic E-state index is 13.6. The zero-order chi connectivity index (χ0) is 17.9. The molecule has 2 nitrogen and oxygen atoms in total. The lowest BCUT2D eigenvalue weighted by Gasteiger charge is -2.35. The Hall–Kier alpha value is -1.05. The van der Waals surface area contributed by atoms with Crippen LogP contribution in [0.5, 0.6) is 0 Å². The third-order valence-electron chi connectivity index (χ3n) is 6.24. The quantitative estimate of drug-likeness (QED) is 0.618. The molecule has 0 aromatic rings. The second-order valence-corrected chi connectivity index (χ2v) is 10.1. The van der Waals surface area contributed by atoms with Crippen molar-refractivity contribution in [3.05, 3.63) is 22.5 Å². The highest BCUT2D eigenvalue weighted by Crippen LogP contribution is 2.54. The standard InChI is InChI=1S/C22H34O2/c1-13-10-8-9-11-14(13)16-19(23)17-15(21(2,3)4)12-24-20(16)18(17)22(5,6)7/h13-14,16H,8-12H2,1-7H3. The maximum atomic E-state index is 13.6. The van der Waals surface area contributed by atoms with Gasteiger partial charge in [0.15, 0.2) is 5.78 Å². The molecule has 3 unspecified atom stereocenters. The molecule has 0 spiro atoms. The molecule has 0 aromatic carbocycles. The van der Waals surface area contributed by atoms with E-state index in [-0.39, 0.29) is 16.7 Å². The Morgan fingerprint density at radius 3 is 2.12 bits per heavy atom. The fourth-order valence-corrected chi connectivity index (χ4v) is 4.93. The van der Waals surface area contributed by atoms with Crippen LogP contribution in [0, 0.1) is 28.6 Å². The molecule has 3 rings (SSSR count). The lowest BCUT2D eigenvalue weighted by Crippen LogP contribution is -2.30. The largest absolute Gasteiger partial charge is 0.492 e. The molecule has 1 fully saturated rings. The van der Waals surface area contributed by atoms with E-state index in [2.05, 4.69) is 48.5 Å². The van der Waals surface area contributed by atoms with Gasteiger partial charge in [0, 0.05) is 11.1 Å². The minimum absolute atomic E-state index is 0.0237. The molecule has 3 atom stereocenters. The van der Waals surface area contributed by atoms with Crippen molar-refractivity contribution in [3.8, 4) is 0 Å². The molecule has 2 heteroatoms. The highest BCUT2D eigenvalue weighted by atomic mass is 16.5. The number of carbonyl (C=O) groups is 1. The maximum Gasteiger partial charge on any atom is 0.174 e. The summed E-state index contributed by atoms with van der Waals surface area (Å²) in [7, 11) is 0. The van der Waals surface area contributed by atoms with Crippen molar-refractivity contribution in [1.29, 1.82) is 0 Å². The van der Waals surface area contributed by atoms with Gasteiger partial charge in [-0.15, -0.1) is 0 Å². The summed E-state index contributed by atoms with van der Waals surface area (Å²) >= 11 is 0. The lowest BCUT2D eigenvalue weighted by molar-refractivity contribution is -0.120. The zero-order valence-electron chi connectivity index (χ0n) is 16.6. The fraction of sp³-hybridized carbons (Fsp3) is 0.773. The first kappa shape index (κ1) is 17.8. The molecular weight excluding hydrogens is 296 g/mol. The number of fused-ring (bicyclic) bond motifs is 1. The summed E-state index contributed by atoms with van der Waals surface area (Å²) in [5, 5.41) is 0. The average molecular weight is 331 g/mol. The SMILES string of the molecule is CC1CCCCC1C1C(=O)C2=C(C(C)(C)C)COC1=C2C(C)(C)C. The summed E-state index contributed by atoms with van der Waals surface area (Å²) in [6.45, 7) is 16.2. The van der Waals surface area contributed by atoms with Crippen LogP contribution in [0.25, 0.3) is 0 Å². The number of ether oxygens (including phenoxy) is 1. The van der Waals surface area contributed by atoms with Crippen molar-refractivity contribution in [1.82, 2.24) is 0 Å². The van der Waals surface area contributed by atoms with Gasteiger partial charge < -0.3 is 4.74 Å². The second kappa shape index (κ2) is 5.75. The topological polar surface area (TPSA) is 26.3 Å². The van der Waals surface area contributed by atoms with E-state index in [1.54, 1.807) is 0 Å². The van der Waals surface area contributed by atoms with E-state index in [0.717, 1.165) is 11.3 Å². The first-order valence-corrected chi connectivity index (χ1v) is 9.69. The number of allylic oxidation sites excluding steroid dienone is 3. The van der Waals surface area contributed by atoms with Crippen molar-refractivity contribution in [2.75, 3.05) is 6.61 Å². The normalized spacial score (nSPS) is 31.6. The van der Waals surface area contributed by atoms with E-state index >= 15 is 0 Å². The summed E-state index contributed by atoms with van der Waals surface area (Å²) in [6.07, 6.45) is 4.97. The third-order valence-corrected chi connectivity index (χ3v) is 6.24. The summed E-state index contributed by atoms with van der Waals surface area (Å²) < 4.78 is 6.33. The number of Topliss-reactive ketones (excluding diaryl/α,β-unsaturated/α-hetero) is 1. The van der Waals surface area contributed by atoms with E-state index in [4.69, 9.17) is 4.74 Å². The molecule has 0 radical (unpaired) electrons. The van der Waals surface area contributed by atoms with Crippen molar-refractivity contribution in [3.63, 3.8) is 0 Å². The minimum Gasteiger partial charge on any atom is -0.492 e. The Labute approximate surface area is 147 Å². The monoisotopic (exact) mass is 330 g/mol. The summed E-state index contributed by atoms with van der Waals surface area (Å²) in [4.78, 5) is 13.6. The van der Waals surface area contributed by atoms with Crippen molar-refractivity contribution in [2.24, 2.45) is 28.6 Å². The molecule has 2 bridgehead atoms. The Bertz CT molecular complexity index is 607. The van der Waals surface area contributed by atoms with Gasteiger partial charge in [-0.3, -0.25) is 4.79 Å². The fourth-order valence-electron chi connectivity index (χ4n) is 4.93. The van der Waals surface area contributed by atoms with Crippen LogP contribution >= 0.6 is 0 Å². The van der Waals surface area contributed by atoms with Crippen LogP contribution in [-0.4, -0.2) is 12.4 Å². The Balaban J connectivity index is 2.14. The molecule has 24 heavy (non-hydrogen) atoms. The van der Waals surface area contributed by atoms with Gasteiger partial charge in [-0.25, -0.2) is 0 Å². The number of hydrogen-bond acceptors (Lipinski definition) is 2. The average Bonchev–Trinajstić information content (AvgIpc) is 2.65. The van der Waals surface area contributed by atoms with Gasteiger partial charge in [0.25, 0.3) is 0 Å². The van der Waals surface area contributed by atoms with Crippen LogP contribution in [-0.2, 0) is 9.53 Å². The van der Waals surface area contributed by atoms with E-state index in [1.807, 2.05) is 0 Å². The Morgan fingerprint density at radius 2 is 1.58 bits per heavy atom. The van der Waals surface area contributed by atoms with Crippen LogP contribution in [0.15, 0.2) is 22.5 Å². The van der Waals surface area contributed by atoms with Gasteiger partial charge in [0.05, 0.1) is 5.92 Å². The number of carbonyl (C=O) groups excluding carboxylic acids is 1. The second-order valence-electron chi connectivity index (χ2n) is 10.1. The minimum atomic E-state index is -0.0517. The van der Waals surface area contributed by atoms with Crippen molar-refractivity contribution in [2.45, 2.75) is 74.1 Å². The molecule has 2 aliphatic carbocycles. The predicted molar refractivity (Wildman–Crippen MR) is 98.5 cm³/mol. The van der Waals surface area contributed by atoms with Crippen LogP contribution in [0.2, 0.25) is 0 Å². The lowest BCUT2D eigenvalue weighted by atomic mass is 9.72. The highest BCUT2D eigenvalue weighted by Gasteiger charge is 2.51. The van der Waals surface area contributed by atoms with Crippen LogP contribution in [0.3, 0.4) is 0 Å². The van der Waals surface area contributed by atoms with Gasteiger partial charge in [-0.05, 0) is 34.7 Å². The molecule has 0 aromatic heterocycles. The molecular formula is C22H34O2. The van der Waals surface area contributed by atoms with E-state index in [0.29, 0.717) is 24.2 Å². The van der Waals surface area contributed by atoms with Crippen LogP contribution in [0.1, 0.15) is 74.1 Å². The molecule has 1 heterocycles. The van der Waals surface area contributed by atoms with E-state index < -0.39 is 0 Å².